The maximum Gasteiger partial charge on any atom is 0.156 e. The zero-order chi connectivity index (χ0) is 14.7. The molecule has 1 saturated carbocycles. The number of rotatable bonds is 4. The third-order valence-corrected chi connectivity index (χ3v) is 4.16. The third kappa shape index (κ3) is 3.14. The van der Waals surface area contributed by atoms with Gasteiger partial charge in [-0.2, -0.15) is 0 Å². The molecule has 0 bridgehead atoms. The number of hydrogen-bond donors (Lipinski definition) is 3. The van der Waals surface area contributed by atoms with E-state index >= 15 is 0 Å². The molecule has 2 aromatic rings. The fraction of sp³-hybridized carbons (Fsp3) is 0.500. The first-order valence-corrected chi connectivity index (χ1v) is 7.53. The normalized spacial score (nSPS) is 17.8. The Balaban J connectivity index is 1.85. The van der Waals surface area contributed by atoms with Crippen LogP contribution >= 0.6 is 0 Å². The lowest BCUT2D eigenvalue weighted by atomic mass is 9.85. The second-order valence-corrected chi connectivity index (χ2v) is 5.80. The van der Waals surface area contributed by atoms with E-state index < -0.39 is 5.60 Å². The summed E-state index contributed by atoms with van der Waals surface area (Å²) in [5, 5.41) is 24.0. The summed E-state index contributed by atoms with van der Waals surface area (Å²) in [6, 6.07) is 7.69. The van der Waals surface area contributed by atoms with Crippen LogP contribution in [-0.2, 0) is 6.61 Å². The number of anilines is 1. The average Bonchev–Trinajstić information content (AvgIpc) is 2.53. The largest absolute Gasteiger partial charge is 0.388 e. The van der Waals surface area contributed by atoms with E-state index in [1.807, 2.05) is 24.3 Å². The minimum Gasteiger partial charge on any atom is -0.388 e. The molecule has 1 aliphatic carbocycles. The zero-order valence-corrected chi connectivity index (χ0v) is 12.0. The first-order chi connectivity index (χ1) is 10.2. The summed E-state index contributed by atoms with van der Waals surface area (Å²) in [4.78, 5) is 8.65. The van der Waals surface area contributed by atoms with Crippen LogP contribution in [0.1, 0.15) is 37.9 Å². The molecule has 5 heteroatoms. The van der Waals surface area contributed by atoms with E-state index in [0.29, 0.717) is 18.2 Å². The lowest BCUT2D eigenvalue weighted by Gasteiger charge is -2.32. The van der Waals surface area contributed by atoms with Gasteiger partial charge in [0.15, 0.2) is 5.82 Å². The summed E-state index contributed by atoms with van der Waals surface area (Å²) < 4.78 is 0. The average molecular weight is 287 g/mol. The van der Waals surface area contributed by atoms with Gasteiger partial charge in [0.25, 0.3) is 0 Å². The molecule has 0 radical (unpaired) electrons. The molecule has 1 aromatic carbocycles. The Morgan fingerprint density at radius 2 is 1.86 bits per heavy atom. The van der Waals surface area contributed by atoms with Crippen molar-refractivity contribution in [2.75, 3.05) is 11.9 Å². The molecule has 3 rings (SSSR count). The number of aliphatic hydroxyl groups excluding tert-OH is 1. The van der Waals surface area contributed by atoms with Gasteiger partial charge in [0.05, 0.1) is 11.1 Å². The van der Waals surface area contributed by atoms with E-state index in [0.717, 1.165) is 36.6 Å². The number of fused-ring (bicyclic) bond motifs is 1. The SMILES string of the molecule is OCc1nc(NCC2(O)CCCCC2)c2ccccc2n1. The molecule has 0 amide bonds. The van der Waals surface area contributed by atoms with Gasteiger partial charge in [-0.05, 0) is 25.0 Å². The van der Waals surface area contributed by atoms with Crippen LogP contribution in [0, 0.1) is 0 Å². The van der Waals surface area contributed by atoms with E-state index in [4.69, 9.17) is 0 Å². The van der Waals surface area contributed by atoms with Crippen molar-refractivity contribution in [1.82, 2.24) is 9.97 Å². The Hall–Kier alpha value is -1.72. The van der Waals surface area contributed by atoms with Crippen LogP contribution in [0.3, 0.4) is 0 Å². The topological polar surface area (TPSA) is 78.3 Å². The quantitative estimate of drug-likeness (QED) is 0.803. The Morgan fingerprint density at radius 1 is 1.10 bits per heavy atom. The predicted molar refractivity (Wildman–Crippen MR) is 82.0 cm³/mol. The molecule has 3 N–H and O–H groups in total. The van der Waals surface area contributed by atoms with Crippen molar-refractivity contribution in [2.45, 2.75) is 44.3 Å². The molecule has 1 aliphatic rings. The summed E-state index contributed by atoms with van der Waals surface area (Å²) >= 11 is 0. The number of aliphatic hydroxyl groups is 2. The first-order valence-electron chi connectivity index (χ1n) is 7.53. The molecule has 0 saturated heterocycles. The molecule has 21 heavy (non-hydrogen) atoms. The molecule has 0 spiro atoms. The van der Waals surface area contributed by atoms with Crippen LogP contribution in [0.5, 0.6) is 0 Å². The van der Waals surface area contributed by atoms with E-state index in [-0.39, 0.29) is 6.61 Å². The minimum absolute atomic E-state index is 0.191. The monoisotopic (exact) mass is 287 g/mol. The molecule has 0 unspecified atom stereocenters. The van der Waals surface area contributed by atoms with Crippen molar-refractivity contribution in [3.63, 3.8) is 0 Å². The highest BCUT2D eigenvalue weighted by atomic mass is 16.3. The zero-order valence-electron chi connectivity index (χ0n) is 12.0. The highest BCUT2D eigenvalue weighted by Crippen LogP contribution is 2.29. The van der Waals surface area contributed by atoms with E-state index in [2.05, 4.69) is 15.3 Å². The van der Waals surface area contributed by atoms with Crippen molar-refractivity contribution >= 4 is 16.7 Å². The number of para-hydroxylation sites is 1. The maximum atomic E-state index is 10.6. The van der Waals surface area contributed by atoms with Gasteiger partial charge in [-0.3, -0.25) is 0 Å². The van der Waals surface area contributed by atoms with Crippen LogP contribution < -0.4 is 5.32 Å². The summed E-state index contributed by atoms with van der Waals surface area (Å²) in [7, 11) is 0. The summed E-state index contributed by atoms with van der Waals surface area (Å²) in [6.07, 6.45) is 5.01. The van der Waals surface area contributed by atoms with Gasteiger partial charge in [-0.1, -0.05) is 31.4 Å². The Morgan fingerprint density at radius 3 is 2.62 bits per heavy atom. The predicted octanol–water partition coefficient (Wildman–Crippen LogP) is 2.23. The lowest BCUT2D eigenvalue weighted by Crippen LogP contribution is -2.39. The Kier molecular flexibility index (Phi) is 4.03. The molecule has 1 aromatic heterocycles. The molecular weight excluding hydrogens is 266 g/mol. The number of hydrogen-bond acceptors (Lipinski definition) is 5. The number of aromatic nitrogens is 2. The van der Waals surface area contributed by atoms with Gasteiger partial charge >= 0.3 is 0 Å². The van der Waals surface area contributed by atoms with Gasteiger partial charge in [-0.25, -0.2) is 9.97 Å². The van der Waals surface area contributed by atoms with Crippen molar-refractivity contribution in [3.05, 3.63) is 30.1 Å². The van der Waals surface area contributed by atoms with E-state index in [1.54, 1.807) is 0 Å². The third-order valence-electron chi connectivity index (χ3n) is 4.16. The smallest absolute Gasteiger partial charge is 0.156 e. The van der Waals surface area contributed by atoms with Crippen molar-refractivity contribution < 1.29 is 10.2 Å². The summed E-state index contributed by atoms with van der Waals surface area (Å²) in [6.45, 7) is 0.294. The van der Waals surface area contributed by atoms with Crippen molar-refractivity contribution in [1.29, 1.82) is 0 Å². The van der Waals surface area contributed by atoms with E-state index in [9.17, 15) is 10.2 Å². The molecule has 112 valence electrons. The minimum atomic E-state index is -0.649. The molecule has 5 nitrogen and oxygen atoms in total. The van der Waals surface area contributed by atoms with Gasteiger partial charge in [0.1, 0.15) is 12.4 Å². The van der Waals surface area contributed by atoms with Crippen molar-refractivity contribution in [2.24, 2.45) is 0 Å². The maximum absolute atomic E-state index is 10.6. The summed E-state index contributed by atoms with van der Waals surface area (Å²) in [5.41, 5.74) is 0.152. The molecule has 1 fully saturated rings. The Bertz CT molecular complexity index is 624. The van der Waals surface area contributed by atoms with Crippen LogP contribution in [0.2, 0.25) is 0 Å². The van der Waals surface area contributed by atoms with Gasteiger partial charge in [-0.15, -0.1) is 0 Å². The van der Waals surface area contributed by atoms with Crippen molar-refractivity contribution in [3.8, 4) is 0 Å². The van der Waals surface area contributed by atoms with Crippen LogP contribution in [0.15, 0.2) is 24.3 Å². The standard InChI is InChI=1S/C16H21N3O2/c20-10-14-18-13-7-3-2-6-12(13)15(19-14)17-11-16(21)8-4-1-5-9-16/h2-3,6-7,20-21H,1,4-5,8-11H2,(H,17,18,19). The lowest BCUT2D eigenvalue weighted by molar-refractivity contribution is 0.0167. The van der Waals surface area contributed by atoms with Crippen LogP contribution in [-0.4, -0.2) is 32.3 Å². The number of benzene rings is 1. The molecule has 1 heterocycles. The Labute approximate surface area is 124 Å². The summed E-state index contributed by atoms with van der Waals surface area (Å²) in [5.74, 6) is 1.08. The first kappa shape index (κ1) is 14.2. The fourth-order valence-corrected chi connectivity index (χ4v) is 2.97. The van der Waals surface area contributed by atoms with Gasteiger partial charge < -0.3 is 15.5 Å². The van der Waals surface area contributed by atoms with E-state index in [1.165, 1.54) is 6.42 Å². The molecule has 0 atom stereocenters. The second-order valence-electron chi connectivity index (χ2n) is 5.80. The van der Waals surface area contributed by atoms with Crippen LogP contribution in [0.25, 0.3) is 10.9 Å². The van der Waals surface area contributed by atoms with Crippen LogP contribution in [0.4, 0.5) is 5.82 Å². The second kappa shape index (κ2) is 5.95. The molecular formula is C16H21N3O2. The van der Waals surface area contributed by atoms with Gasteiger partial charge in [0.2, 0.25) is 0 Å². The highest BCUT2D eigenvalue weighted by molar-refractivity contribution is 5.88. The number of nitrogens with zero attached hydrogens (tertiary/aromatic N) is 2. The highest BCUT2D eigenvalue weighted by Gasteiger charge is 2.29. The number of nitrogens with one attached hydrogen (secondary N) is 1. The fourth-order valence-electron chi connectivity index (χ4n) is 2.97. The van der Waals surface area contributed by atoms with Gasteiger partial charge in [0, 0.05) is 11.9 Å². The molecule has 0 aliphatic heterocycles.